The Bertz CT molecular complexity index is 2750. The third-order valence-corrected chi connectivity index (χ3v) is 10.6. The van der Waals surface area contributed by atoms with Gasteiger partial charge in [0.25, 0.3) is 0 Å². The van der Waals surface area contributed by atoms with Crippen LogP contribution in [-0.2, 0) is 0 Å². The van der Waals surface area contributed by atoms with Crippen LogP contribution in [-0.4, -0.2) is 29.9 Å². The lowest BCUT2D eigenvalue weighted by Crippen LogP contribution is -2.02. The van der Waals surface area contributed by atoms with Gasteiger partial charge >= 0.3 is 0 Å². The van der Waals surface area contributed by atoms with Crippen molar-refractivity contribution in [1.82, 2.24) is 29.9 Å². The van der Waals surface area contributed by atoms with Crippen molar-refractivity contribution < 1.29 is 0 Å². The molecule has 0 aliphatic carbocycles. The highest BCUT2D eigenvalue weighted by atomic mass is 15.0. The molecule has 0 fully saturated rings. The number of benzene rings is 6. The first-order valence-electron chi connectivity index (χ1n) is 19.8. The molecule has 10 aromatic rings. The lowest BCUT2D eigenvalue weighted by molar-refractivity contribution is 1.07. The largest absolute Gasteiger partial charge is 0.264 e. The Balaban J connectivity index is 1.17. The predicted octanol–water partition coefficient (Wildman–Crippen LogP) is 13.1. The molecule has 0 N–H and O–H groups in total. The molecule has 0 aliphatic rings. The zero-order chi connectivity index (χ0) is 40.1. The summed E-state index contributed by atoms with van der Waals surface area (Å²) in [6.07, 6.45) is 11.1. The van der Waals surface area contributed by atoms with Gasteiger partial charge in [-0.25, -0.2) is 15.0 Å². The number of hydrogen-bond acceptors (Lipinski definition) is 6. The van der Waals surface area contributed by atoms with E-state index in [0.29, 0.717) is 17.5 Å². The van der Waals surface area contributed by atoms with E-state index < -0.39 is 0 Å². The fourth-order valence-corrected chi connectivity index (χ4v) is 7.73. The third kappa shape index (κ3) is 7.37. The molecule has 0 saturated heterocycles. The van der Waals surface area contributed by atoms with Crippen LogP contribution in [0, 0.1) is 0 Å². The molecule has 0 radical (unpaired) electrons. The molecule has 10 rings (SSSR count). The first-order chi connectivity index (χ1) is 29.7. The van der Waals surface area contributed by atoms with Gasteiger partial charge in [-0.3, -0.25) is 15.0 Å². The molecular weight excluding hydrogens is 733 g/mol. The van der Waals surface area contributed by atoms with Crippen molar-refractivity contribution >= 4 is 0 Å². The lowest BCUT2D eigenvalue weighted by atomic mass is 9.94. The van der Waals surface area contributed by atoms with Crippen molar-refractivity contribution in [1.29, 1.82) is 0 Å². The molecule has 0 amide bonds. The summed E-state index contributed by atoms with van der Waals surface area (Å²) in [6, 6.07) is 62.8. The van der Waals surface area contributed by atoms with Crippen LogP contribution in [0.2, 0.25) is 0 Å². The number of hydrogen-bond donors (Lipinski definition) is 0. The van der Waals surface area contributed by atoms with E-state index in [9.17, 15) is 0 Å². The van der Waals surface area contributed by atoms with Gasteiger partial charge in [0.05, 0.1) is 0 Å². The van der Waals surface area contributed by atoms with Crippen molar-refractivity contribution in [3.8, 4) is 101 Å². The van der Waals surface area contributed by atoms with E-state index in [1.54, 1.807) is 18.6 Å². The molecule has 0 saturated carbocycles. The van der Waals surface area contributed by atoms with Crippen molar-refractivity contribution in [2.45, 2.75) is 0 Å². The van der Waals surface area contributed by atoms with Crippen LogP contribution in [0.25, 0.3) is 101 Å². The Morgan fingerprint density at radius 3 is 0.767 bits per heavy atom. The van der Waals surface area contributed by atoms with Crippen LogP contribution in [0.5, 0.6) is 0 Å². The van der Waals surface area contributed by atoms with Gasteiger partial charge in [-0.05, 0) is 86.5 Å². The summed E-state index contributed by atoms with van der Waals surface area (Å²) in [6.45, 7) is 0. The highest BCUT2D eigenvalue weighted by molar-refractivity contribution is 5.89. The summed E-state index contributed by atoms with van der Waals surface area (Å²) in [5.74, 6) is 1.74. The fraction of sp³-hybridized carbons (Fsp3) is 0. The molecule has 0 bridgehead atoms. The number of nitrogens with zero attached hydrogens (tertiary/aromatic N) is 6. The average molecular weight is 769 g/mol. The highest BCUT2D eigenvalue weighted by Gasteiger charge is 2.20. The Hall–Kier alpha value is -8.22. The maximum absolute atomic E-state index is 5.34. The van der Waals surface area contributed by atoms with Crippen LogP contribution >= 0.6 is 0 Å². The van der Waals surface area contributed by atoms with E-state index in [1.165, 1.54) is 0 Å². The normalized spacial score (nSPS) is 11.0. The molecule has 0 atom stereocenters. The molecule has 6 nitrogen and oxygen atoms in total. The predicted molar refractivity (Wildman–Crippen MR) is 242 cm³/mol. The van der Waals surface area contributed by atoms with Crippen LogP contribution in [0.15, 0.2) is 219 Å². The summed E-state index contributed by atoms with van der Waals surface area (Å²) in [5, 5.41) is 0. The van der Waals surface area contributed by atoms with Gasteiger partial charge < -0.3 is 0 Å². The number of pyridine rings is 3. The van der Waals surface area contributed by atoms with Gasteiger partial charge in [-0.1, -0.05) is 146 Å². The lowest BCUT2D eigenvalue weighted by Gasteiger charge is -2.16. The molecule has 4 aromatic heterocycles. The summed E-state index contributed by atoms with van der Waals surface area (Å²) < 4.78 is 0. The van der Waals surface area contributed by atoms with Crippen molar-refractivity contribution in [3.63, 3.8) is 0 Å². The third-order valence-electron chi connectivity index (χ3n) is 10.6. The van der Waals surface area contributed by atoms with Crippen LogP contribution in [0.1, 0.15) is 0 Å². The van der Waals surface area contributed by atoms with Gasteiger partial charge in [0.15, 0.2) is 17.5 Å². The second-order valence-corrected chi connectivity index (χ2v) is 14.4. The number of aromatic nitrogens is 6. The zero-order valence-electron chi connectivity index (χ0n) is 32.5. The molecule has 282 valence electrons. The second kappa shape index (κ2) is 16.3. The maximum atomic E-state index is 5.34. The van der Waals surface area contributed by atoms with Gasteiger partial charge in [0.2, 0.25) is 0 Å². The minimum atomic E-state index is 0.579. The molecule has 4 heterocycles. The summed E-state index contributed by atoms with van der Waals surface area (Å²) in [5.41, 5.74) is 15.3. The van der Waals surface area contributed by atoms with E-state index >= 15 is 0 Å². The maximum Gasteiger partial charge on any atom is 0.164 e. The van der Waals surface area contributed by atoms with E-state index in [-0.39, 0.29) is 0 Å². The molecule has 0 unspecified atom stereocenters. The molecule has 0 aliphatic heterocycles. The van der Waals surface area contributed by atoms with Crippen molar-refractivity contribution in [2.75, 3.05) is 0 Å². The summed E-state index contributed by atoms with van der Waals surface area (Å²) >= 11 is 0. The van der Waals surface area contributed by atoms with Crippen LogP contribution < -0.4 is 0 Å². The van der Waals surface area contributed by atoms with E-state index in [1.807, 2.05) is 55.0 Å². The quantitative estimate of drug-likeness (QED) is 0.145. The zero-order valence-corrected chi connectivity index (χ0v) is 32.5. The first-order valence-corrected chi connectivity index (χ1v) is 19.8. The molecule has 0 spiro atoms. The van der Waals surface area contributed by atoms with Crippen LogP contribution in [0.4, 0.5) is 0 Å². The molecule has 60 heavy (non-hydrogen) atoms. The Labute approximate surface area is 348 Å². The monoisotopic (exact) mass is 768 g/mol. The SMILES string of the molecule is c1cncc(-c2cccc(-c3ccccc3-c3nc(-c4ccccc4-c4cccc(-c5cccnc5)c4)nc(-c4ccccc4-c4cccc(-c5cccnc5)c4)n3)c2)c1. The van der Waals surface area contributed by atoms with Gasteiger partial charge in [-0.15, -0.1) is 0 Å². The highest BCUT2D eigenvalue weighted by Crippen LogP contribution is 2.39. The van der Waals surface area contributed by atoms with Gasteiger partial charge in [0.1, 0.15) is 0 Å². The van der Waals surface area contributed by atoms with E-state index in [2.05, 4.69) is 161 Å². The minimum absolute atomic E-state index is 0.579. The molecule has 6 aromatic carbocycles. The minimum Gasteiger partial charge on any atom is -0.264 e. The standard InChI is InChI=1S/C54H36N6/c1-4-25-49(46(22-1)40-16-7-13-37(31-40)43-19-10-28-55-34-43)52-58-53(50-26-5-2-23-47(50)41-17-8-14-38(32-41)44-20-11-29-56-35-44)60-54(59-52)51-27-6-3-24-48(51)42-18-9-15-39(33-42)45-21-12-30-57-36-45/h1-36H. The fourth-order valence-electron chi connectivity index (χ4n) is 7.73. The first kappa shape index (κ1) is 36.1. The van der Waals surface area contributed by atoms with E-state index in [4.69, 9.17) is 15.0 Å². The number of rotatable bonds is 9. The summed E-state index contributed by atoms with van der Waals surface area (Å²) in [7, 11) is 0. The van der Waals surface area contributed by atoms with Crippen molar-refractivity contribution in [3.05, 3.63) is 219 Å². The van der Waals surface area contributed by atoms with Crippen LogP contribution in [0.3, 0.4) is 0 Å². The van der Waals surface area contributed by atoms with E-state index in [0.717, 1.165) is 83.5 Å². The Morgan fingerprint density at radius 1 is 0.217 bits per heavy atom. The van der Waals surface area contributed by atoms with Crippen molar-refractivity contribution in [2.24, 2.45) is 0 Å². The topological polar surface area (TPSA) is 77.3 Å². The summed E-state index contributed by atoms with van der Waals surface area (Å²) in [4.78, 5) is 29.1. The smallest absolute Gasteiger partial charge is 0.164 e. The molecule has 6 heteroatoms. The Morgan fingerprint density at radius 2 is 0.483 bits per heavy atom. The Kier molecular flexibility index (Phi) is 9.84. The second-order valence-electron chi connectivity index (χ2n) is 14.4. The molecular formula is C54H36N6. The average Bonchev–Trinajstić information content (AvgIpc) is 3.35. The van der Waals surface area contributed by atoms with Gasteiger partial charge in [-0.2, -0.15) is 0 Å². The van der Waals surface area contributed by atoms with Gasteiger partial charge in [0, 0.05) is 70.6 Å².